The molecule has 0 amide bonds. The van der Waals surface area contributed by atoms with Gasteiger partial charge in [-0.25, -0.2) is 4.68 Å². The molecule has 0 aliphatic rings. The standard InChI is InChI=1S/C17H18N4O/c1-14-6-2-3-8-16(14)11-22-17-9-5-4-7-15(17)10-20-21-12-18-19-13-21/h2-9,12-13,20H,10-11H2,1H3. The Morgan fingerprint density at radius 3 is 2.41 bits per heavy atom. The zero-order valence-corrected chi connectivity index (χ0v) is 12.4. The van der Waals surface area contributed by atoms with Crippen LogP contribution in [0.3, 0.4) is 0 Å². The van der Waals surface area contributed by atoms with Crippen LogP contribution in [0.1, 0.15) is 16.7 Å². The molecule has 1 N–H and O–H groups in total. The van der Waals surface area contributed by atoms with E-state index in [1.165, 1.54) is 11.1 Å². The molecule has 1 heterocycles. The van der Waals surface area contributed by atoms with Crippen LogP contribution in [0.4, 0.5) is 0 Å². The van der Waals surface area contributed by atoms with Gasteiger partial charge in [0.15, 0.2) is 0 Å². The molecule has 112 valence electrons. The smallest absolute Gasteiger partial charge is 0.138 e. The molecule has 3 aromatic rings. The molecule has 0 unspecified atom stereocenters. The van der Waals surface area contributed by atoms with Crippen molar-refractivity contribution in [1.82, 2.24) is 14.9 Å². The van der Waals surface area contributed by atoms with Crippen LogP contribution in [-0.4, -0.2) is 14.9 Å². The van der Waals surface area contributed by atoms with Gasteiger partial charge < -0.3 is 10.2 Å². The van der Waals surface area contributed by atoms with Crippen molar-refractivity contribution in [3.63, 3.8) is 0 Å². The van der Waals surface area contributed by atoms with Crippen molar-refractivity contribution >= 4 is 0 Å². The molecule has 0 bridgehead atoms. The number of hydrogen-bond acceptors (Lipinski definition) is 4. The Bertz CT molecular complexity index is 725. The van der Waals surface area contributed by atoms with Gasteiger partial charge in [0.25, 0.3) is 0 Å². The summed E-state index contributed by atoms with van der Waals surface area (Å²) in [6, 6.07) is 16.3. The SMILES string of the molecule is Cc1ccccc1COc1ccccc1CNn1cnnc1. The molecule has 0 atom stereocenters. The molecule has 5 heteroatoms. The van der Waals surface area contributed by atoms with Gasteiger partial charge in [0.2, 0.25) is 0 Å². The maximum atomic E-state index is 5.99. The summed E-state index contributed by atoms with van der Waals surface area (Å²) in [7, 11) is 0. The van der Waals surface area contributed by atoms with Gasteiger partial charge in [0.1, 0.15) is 25.0 Å². The third-order valence-electron chi connectivity index (χ3n) is 3.49. The lowest BCUT2D eigenvalue weighted by molar-refractivity contribution is 0.302. The second kappa shape index (κ2) is 6.76. The van der Waals surface area contributed by atoms with Crippen LogP contribution in [-0.2, 0) is 13.2 Å². The number of ether oxygens (including phenoxy) is 1. The Hall–Kier alpha value is -2.82. The molecule has 0 saturated heterocycles. The Morgan fingerprint density at radius 2 is 1.64 bits per heavy atom. The van der Waals surface area contributed by atoms with Gasteiger partial charge in [-0.15, -0.1) is 10.2 Å². The van der Waals surface area contributed by atoms with Gasteiger partial charge in [0, 0.05) is 5.56 Å². The third kappa shape index (κ3) is 3.44. The largest absolute Gasteiger partial charge is 0.489 e. The van der Waals surface area contributed by atoms with Gasteiger partial charge in [-0.3, -0.25) is 0 Å². The van der Waals surface area contributed by atoms with Crippen LogP contribution in [0.5, 0.6) is 5.75 Å². The van der Waals surface area contributed by atoms with Crippen LogP contribution in [0, 0.1) is 6.92 Å². The maximum Gasteiger partial charge on any atom is 0.138 e. The quantitative estimate of drug-likeness (QED) is 0.759. The zero-order valence-electron chi connectivity index (χ0n) is 12.4. The molecular weight excluding hydrogens is 276 g/mol. The predicted molar refractivity (Wildman–Crippen MR) is 85.0 cm³/mol. The summed E-state index contributed by atoms with van der Waals surface area (Å²) in [5.74, 6) is 0.881. The molecule has 0 spiro atoms. The van der Waals surface area contributed by atoms with Crippen LogP contribution in [0.2, 0.25) is 0 Å². The van der Waals surface area contributed by atoms with Crippen molar-refractivity contribution in [2.75, 3.05) is 5.43 Å². The first-order valence-corrected chi connectivity index (χ1v) is 7.16. The number of hydrogen-bond donors (Lipinski definition) is 1. The lowest BCUT2D eigenvalue weighted by Gasteiger charge is -2.13. The highest BCUT2D eigenvalue weighted by Crippen LogP contribution is 2.20. The fourth-order valence-corrected chi connectivity index (χ4v) is 2.18. The topological polar surface area (TPSA) is 52.0 Å². The van der Waals surface area contributed by atoms with E-state index in [4.69, 9.17) is 4.74 Å². The van der Waals surface area contributed by atoms with Crippen molar-refractivity contribution in [3.05, 3.63) is 77.9 Å². The first-order valence-electron chi connectivity index (χ1n) is 7.16. The average molecular weight is 294 g/mol. The van der Waals surface area contributed by atoms with E-state index >= 15 is 0 Å². The average Bonchev–Trinajstić information content (AvgIpc) is 3.06. The van der Waals surface area contributed by atoms with Crippen molar-refractivity contribution in [3.8, 4) is 5.75 Å². The number of nitrogens with zero attached hydrogens (tertiary/aromatic N) is 3. The van der Waals surface area contributed by atoms with E-state index in [9.17, 15) is 0 Å². The van der Waals surface area contributed by atoms with Crippen molar-refractivity contribution in [2.24, 2.45) is 0 Å². The summed E-state index contributed by atoms with van der Waals surface area (Å²) >= 11 is 0. The predicted octanol–water partition coefficient (Wildman–Crippen LogP) is 2.91. The first kappa shape index (κ1) is 14.1. The molecule has 2 aromatic carbocycles. The van der Waals surface area contributed by atoms with Gasteiger partial charge in [0.05, 0.1) is 6.54 Å². The Labute approximate surface area is 129 Å². The molecule has 0 saturated carbocycles. The van der Waals surface area contributed by atoms with Crippen LogP contribution in [0.15, 0.2) is 61.2 Å². The minimum Gasteiger partial charge on any atom is -0.489 e. The number of aromatic nitrogens is 3. The normalized spacial score (nSPS) is 10.4. The lowest BCUT2D eigenvalue weighted by atomic mass is 10.1. The van der Waals surface area contributed by atoms with Gasteiger partial charge in [-0.1, -0.05) is 42.5 Å². The summed E-state index contributed by atoms with van der Waals surface area (Å²) in [5.41, 5.74) is 6.73. The molecule has 0 fully saturated rings. The lowest BCUT2D eigenvalue weighted by Crippen LogP contribution is -2.13. The molecular formula is C17H18N4O. The Morgan fingerprint density at radius 1 is 0.955 bits per heavy atom. The fourth-order valence-electron chi connectivity index (χ4n) is 2.18. The molecule has 22 heavy (non-hydrogen) atoms. The van der Waals surface area contributed by atoms with Crippen molar-refractivity contribution in [1.29, 1.82) is 0 Å². The number of benzene rings is 2. The van der Waals surface area contributed by atoms with E-state index in [1.54, 1.807) is 17.3 Å². The molecule has 0 aliphatic carbocycles. The molecule has 1 aromatic heterocycles. The van der Waals surface area contributed by atoms with Gasteiger partial charge in [-0.05, 0) is 24.1 Å². The number of rotatable bonds is 6. The summed E-state index contributed by atoms with van der Waals surface area (Å²) in [5, 5.41) is 7.52. The second-order valence-corrected chi connectivity index (χ2v) is 5.03. The van der Waals surface area contributed by atoms with Crippen LogP contribution >= 0.6 is 0 Å². The summed E-state index contributed by atoms with van der Waals surface area (Å²) in [6.07, 6.45) is 3.24. The first-order chi connectivity index (χ1) is 10.8. The van der Waals surface area contributed by atoms with E-state index in [2.05, 4.69) is 34.7 Å². The highest BCUT2D eigenvalue weighted by molar-refractivity contribution is 5.34. The number of nitrogens with one attached hydrogen (secondary N) is 1. The van der Waals surface area contributed by atoms with E-state index < -0.39 is 0 Å². The third-order valence-corrected chi connectivity index (χ3v) is 3.49. The number of aryl methyl sites for hydroxylation is 1. The number of para-hydroxylation sites is 1. The molecule has 5 nitrogen and oxygen atoms in total. The van der Waals surface area contributed by atoms with Crippen LogP contribution in [0.25, 0.3) is 0 Å². The Balaban J connectivity index is 1.67. The van der Waals surface area contributed by atoms with E-state index in [-0.39, 0.29) is 0 Å². The molecule has 0 radical (unpaired) electrons. The highest BCUT2D eigenvalue weighted by Gasteiger charge is 2.04. The van der Waals surface area contributed by atoms with E-state index in [1.807, 2.05) is 36.4 Å². The minimum atomic E-state index is 0.566. The monoisotopic (exact) mass is 294 g/mol. The van der Waals surface area contributed by atoms with E-state index in [0.717, 1.165) is 11.3 Å². The second-order valence-electron chi connectivity index (χ2n) is 5.03. The van der Waals surface area contributed by atoms with Crippen molar-refractivity contribution in [2.45, 2.75) is 20.1 Å². The summed E-state index contributed by atoms with van der Waals surface area (Å²) in [6.45, 7) is 3.30. The molecule has 0 aliphatic heterocycles. The van der Waals surface area contributed by atoms with E-state index in [0.29, 0.717) is 13.2 Å². The zero-order chi connectivity index (χ0) is 15.2. The summed E-state index contributed by atoms with van der Waals surface area (Å²) < 4.78 is 7.71. The Kier molecular flexibility index (Phi) is 4.34. The maximum absolute atomic E-state index is 5.99. The van der Waals surface area contributed by atoms with Crippen molar-refractivity contribution < 1.29 is 4.74 Å². The van der Waals surface area contributed by atoms with Gasteiger partial charge in [-0.2, -0.15) is 0 Å². The van der Waals surface area contributed by atoms with Crippen LogP contribution < -0.4 is 10.2 Å². The highest BCUT2D eigenvalue weighted by atomic mass is 16.5. The fraction of sp³-hybridized carbons (Fsp3) is 0.176. The molecule has 3 rings (SSSR count). The minimum absolute atomic E-state index is 0.566. The summed E-state index contributed by atoms with van der Waals surface area (Å²) in [4.78, 5) is 0. The van der Waals surface area contributed by atoms with Gasteiger partial charge >= 0.3 is 0 Å².